The van der Waals surface area contributed by atoms with Gasteiger partial charge in [-0.25, -0.2) is 0 Å². The quantitative estimate of drug-likeness (QED) is 0.595. The fourth-order valence-electron chi connectivity index (χ4n) is 1.58. The largest absolute Gasteiger partial charge is 0.368 e. The summed E-state index contributed by atoms with van der Waals surface area (Å²) in [4.78, 5) is 13.7. The molecular formula is C9H15NO2. The maximum absolute atomic E-state index is 11.6. The fourth-order valence-corrected chi connectivity index (χ4v) is 1.58. The molecule has 0 unspecified atom stereocenters. The summed E-state index contributed by atoms with van der Waals surface area (Å²) < 4.78 is 5.42. The summed E-state index contributed by atoms with van der Waals surface area (Å²) in [5, 5.41) is 0. The molecule has 2 fully saturated rings. The molecule has 2 aliphatic rings. The molecule has 3 nitrogen and oxygen atoms in total. The van der Waals surface area contributed by atoms with E-state index in [1.165, 1.54) is 0 Å². The van der Waals surface area contributed by atoms with Gasteiger partial charge >= 0.3 is 0 Å². The van der Waals surface area contributed by atoms with Gasteiger partial charge in [0.05, 0.1) is 6.61 Å². The van der Waals surface area contributed by atoms with Gasteiger partial charge in [-0.15, -0.1) is 0 Å². The van der Waals surface area contributed by atoms with Gasteiger partial charge in [0.2, 0.25) is 0 Å². The summed E-state index contributed by atoms with van der Waals surface area (Å²) >= 11 is 0. The van der Waals surface area contributed by atoms with E-state index in [1.54, 1.807) is 0 Å². The SMILES string of the molecule is CN1CCO[C@H](C(=O)C2CC2)C1. The normalized spacial score (nSPS) is 31.9. The van der Waals surface area contributed by atoms with E-state index in [4.69, 9.17) is 4.74 Å². The lowest BCUT2D eigenvalue weighted by Gasteiger charge is -2.29. The summed E-state index contributed by atoms with van der Waals surface area (Å²) in [5.74, 6) is 0.669. The smallest absolute Gasteiger partial charge is 0.165 e. The van der Waals surface area contributed by atoms with Crippen molar-refractivity contribution in [3.63, 3.8) is 0 Å². The second-order valence-electron chi connectivity index (χ2n) is 3.80. The second-order valence-corrected chi connectivity index (χ2v) is 3.80. The maximum atomic E-state index is 11.6. The summed E-state index contributed by atoms with van der Waals surface area (Å²) in [6.45, 7) is 2.45. The van der Waals surface area contributed by atoms with Crippen molar-refractivity contribution in [2.45, 2.75) is 18.9 Å². The molecule has 1 atom stereocenters. The van der Waals surface area contributed by atoms with Gasteiger partial charge in [0.25, 0.3) is 0 Å². The van der Waals surface area contributed by atoms with E-state index in [1.807, 2.05) is 7.05 Å². The Hall–Kier alpha value is -0.410. The van der Waals surface area contributed by atoms with Crippen molar-refractivity contribution >= 4 is 5.78 Å². The van der Waals surface area contributed by atoms with Gasteiger partial charge in [-0.05, 0) is 19.9 Å². The van der Waals surface area contributed by atoms with Gasteiger partial charge in [-0.2, -0.15) is 0 Å². The van der Waals surface area contributed by atoms with Crippen LogP contribution in [0.1, 0.15) is 12.8 Å². The molecule has 0 aromatic carbocycles. The van der Waals surface area contributed by atoms with Gasteiger partial charge in [-0.1, -0.05) is 0 Å². The van der Waals surface area contributed by atoms with Crippen LogP contribution in [0.2, 0.25) is 0 Å². The predicted octanol–water partition coefficient (Wildman–Crippen LogP) is 0.296. The van der Waals surface area contributed by atoms with E-state index in [2.05, 4.69) is 4.90 Å². The van der Waals surface area contributed by atoms with Crippen LogP contribution in [-0.2, 0) is 9.53 Å². The zero-order valence-corrected chi connectivity index (χ0v) is 7.45. The number of hydrogen-bond donors (Lipinski definition) is 0. The third kappa shape index (κ3) is 1.67. The molecule has 0 N–H and O–H groups in total. The minimum absolute atomic E-state index is 0.128. The van der Waals surface area contributed by atoms with Crippen molar-refractivity contribution in [2.75, 3.05) is 26.7 Å². The Balaban J connectivity index is 1.89. The van der Waals surface area contributed by atoms with E-state index < -0.39 is 0 Å². The average Bonchev–Trinajstić information content (AvgIpc) is 2.85. The lowest BCUT2D eigenvalue weighted by molar-refractivity contribution is -0.136. The van der Waals surface area contributed by atoms with E-state index in [9.17, 15) is 4.79 Å². The van der Waals surface area contributed by atoms with E-state index in [0.29, 0.717) is 18.3 Å². The van der Waals surface area contributed by atoms with Crippen LogP contribution in [-0.4, -0.2) is 43.5 Å². The van der Waals surface area contributed by atoms with Crippen molar-refractivity contribution in [3.05, 3.63) is 0 Å². The number of ketones is 1. The highest BCUT2D eigenvalue weighted by Crippen LogP contribution is 2.31. The molecule has 1 aliphatic heterocycles. The number of carbonyl (C=O) groups is 1. The molecule has 0 radical (unpaired) electrons. The molecule has 3 heteroatoms. The lowest BCUT2D eigenvalue weighted by atomic mass is 10.1. The van der Waals surface area contributed by atoms with Gasteiger partial charge in [0, 0.05) is 19.0 Å². The summed E-state index contributed by atoms with van der Waals surface area (Å²) in [7, 11) is 2.04. The van der Waals surface area contributed by atoms with Crippen molar-refractivity contribution in [1.82, 2.24) is 4.90 Å². The molecule has 0 spiro atoms. The number of hydrogen-bond acceptors (Lipinski definition) is 3. The van der Waals surface area contributed by atoms with Gasteiger partial charge in [-0.3, -0.25) is 4.79 Å². The minimum Gasteiger partial charge on any atom is -0.368 e. The Morgan fingerprint density at radius 2 is 2.25 bits per heavy atom. The highest BCUT2D eigenvalue weighted by atomic mass is 16.5. The summed E-state index contributed by atoms with van der Waals surface area (Å²) in [5.41, 5.74) is 0. The van der Waals surface area contributed by atoms with Crippen LogP contribution in [0.4, 0.5) is 0 Å². The predicted molar refractivity (Wildman–Crippen MR) is 45.0 cm³/mol. The number of nitrogens with zero attached hydrogens (tertiary/aromatic N) is 1. The van der Waals surface area contributed by atoms with Gasteiger partial charge in [0.1, 0.15) is 6.10 Å². The molecule has 0 amide bonds. The van der Waals surface area contributed by atoms with Crippen LogP contribution in [0.25, 0.3) is 0 Å². The molecular weight excluding hydrogens is 154 g/mol. The number of likely N-dealkylation sites (N-methyl/N-ethyl adjacent to an activating group) is 1. The molecule has 0 bridgehead atoms. The second kappa shape index (κ2) is 3.15. The first-order valence-corrected chi connectivity index (χ1v) is 4.61. The molecule has 68 valence electrons. The van der Waals surface area contributed by atoms with Crippen molar-refractivity contribution in [1.29, 1.82) is 0 Å². The third-order valence-corrected chi connectivity index (χ3v) is 2.57. The molecule has 12 heavy (non-hydrogen) atoms. The van der Waals surface area contributed by atoms with Gasteiger partial charge < -0.3 is 9.64 Å². The Bertz CT molecular complexity index is 189. The van der Waals surface area contributed by atoms with Crippen LogP contribution >= 0.6 is 0 Å². The topological polar surface area (TPSA) is 29.5 Å². The number of rotatable bonds is 2. The van der Waals surface area contributed by atoms with Crippen LogP contribution < -0.4 is 0 Å². The summed E-state index contributed by atoms with van der Waals surface area (Å²) in [6, 6.07) is 0. The number of carbonyl (C=O) groups excluding carboxylic acids is 1. The Morgan fingerprint density at radius 1 is 1.50 bits per heavy atom. The Morgan fingerprint density at radius 3 is 2.83 bits per heavy atom. The first-order valence-electron chi connectivity index (χ1n) is 4.61. The Labute approximate surface area is 72.7 Å². The molecule has 1 heterocycles. The first kappa shape index (κ1) is 8.20. The van der Waals surface area contributed by atoms with Crippen LogP contribution in [0.15, 0.2) is 0 Å². The highest BCUT2D eigenvalue weighted by Gasteiger charge is 2.36. The standard InChI is InChI=1S/C9H15NO2/c1-10-4-5-12-8(6-10)9(11)7-2-3-7/h7-8H,2-6H2,1H3/t8-/m0/s1. The monoisotopic (exact) mass is 169 g/mol. The molecule has 0 aromatic heterocycles. The van der Waals surface area contributed by atoms with Gasteiger partial charge in [0.15, 0.2) is 5.78 Å². The van der Waals surface area contributed by atoms with Crippen molar-refractivity contribution < 1.29 is 9.53 Å². The van der Waals surface area contributed by atoms with Crippen LogP contribution in [0, 0.1) is 5.92 Å². The van der Waals surface area contributed by atoms with Crippen molar-refractivity contribution in [2.24, 2.45) is 5.92 Å². The van der Waals surface area contributed by atoms with Crippen LogP contribution in [0.5, 0.6) is 0 Å². The highest BCUT2D eigenvalue weighted by molar-refractivity contribution is 5.87. The average molecular weight is 169 g/mol. The van der Waals surface area contributed by atoms with Crippen molar-refractivity contribution in [3.8, 4) is 0 Å². The lowest BCUT2D eigenvalue weighted by Crippen LogP contribution is -2.44. The van der Waals surface area contributed by atoms with Crippen LogP contribution in [0.3, 0.4) is 0 Å². The zero-order valence-electron chi connectivity index (χ0n) is 7.45. The summed E-state index contributed by atoms with van der Waals surface area (Å²) in [6.07, 6.45) is 2.04. The molecule has 0 aromatic rings. The maximum Gasteiger partial charge on any atom is 0.165 e. The Kier molecular flexibility index (Phi) is 2.15. The number of morpholine rings is 1. The number of ether oxygens (including phenoxy) is 1. The molecule has 1 saturated carbocycles. The number of Topliss-reactive ketones (excluding diaryl/α,β-unsaturated/α-hetero) is 1. The van der Waals surface area contributed by atoms with E-state index in [-0.39, 0.29) is 6.10 Å². The third-order valence-electron chi connectivity index (χ3n) is 2.57. The minimum atomic E-state index is -0.128. The molecule has 2 rings (SSSR count). The van der Waals surface area contributed by atoms with E-state index in [0.717, 1.165) is 25.9 Å². The molecule has 1 aliphatic carbocycles. The zero-order chi connectivity index (χ0) is 8.55. The fraction of sp³-hybridized carbons (Fsp3) is 0.889. The first-order chi connectivity index (χ1) is 5.77. The van der Waals surface area contributed by atoms with E-state index >= 15 is 0 Å². The molecule has 1 saturated heterocycles.